The third kappa shape index (κ3) is 3.56. The van der Waals surface area contributed by atoms with Crippen LogP contribution in [0.3, 0.4) is 0 Å². The Morgan fingerprint density at radius 2 is 2.12 bits per heavy atom. The quantitative estimate of drug-likeness (QED) is 0.724. The lowest BCUT2D eigenvalue weighted by molar-refractivity contribution is 0.0892. The fourth-order valence-electron chi connectivity index (χ4n) is 1.41. The minimum atomic E-state index is -0.249. The molecule has 0 aliphatic rings. The summed E-state index contributed by atoms with van der Waals surface area (Å²) in [4.78, 5) is 11.8. The molecule has 17 heavy (non-hydrogen) atoms. The van der Waals surface area contributed by atoms with Crippen molar-refractivity contribution in [3.05, 3.63) is 17.5 Å². The maximum Gasteiger partial charge on any atom is 0.272 e. The minimum Gasteiger partial charge on any atom is -0.394 e. The number of aliphatic hydroxyl groups excluding tert-OH is 1. The van der Waals surface area contributed by atoms with E-state index in [1.165, 1.54) is 0 Å². The number of carbonyl (C=O) groups excluding carboxylic acids is 1. The van der Waals surface area contributed by atoms with Gasteiger partial charge in [-0.25, -0.2) is 0 Å². The van der Waals surface area contributed by atoms with Crippen molar-refractivity contribution < 1.29 is 9.90 Å². The summed E-state index contributed by atoms with van der Waals surface area (Å²) in [6, 6.07) is 1.51. The summed E-state index contributed by atoms with van der Waals surface area (Å²) in [7, 11) is 0. The second-order valence-electron chi connectivity index (χ2n) is 4.87. The van der Waals surface area contributed by atoms with Crippen LogP contribution in [0.1, 0.15) is 49.8 Å². The predicted molar refractivity (Wildman–Crippen MR) is 65.9 cm³/mol. The minimum absolute atomic E-state index is 0.0646. The van der Waals surface area contributed by atoms with E-state index in [-0.39, 0.29) is 24.5 Å². The van der Waals surface area contributed by atoms with Crippen LogP contribution in [-0.4, -0.2) is 33.9 Å². The van der Waals surface area contributed by atoms with Gasteiger partial charge in [-0.1, -0.05) is 27.7 Å². The lowest BCUT2D eigenvalue weighted by Crippen LogP contribution is -2.41. The van der Waals surface area contributed by atoms with Gasteiger partial charge in [0.2, 0.25) is 0 Å². The molecule has 0 saturated heterocycles. The van der Waals surface area contributed by atoms with Gasteiger partial charge in [-0.05, 0) is 17.9 Å². The van der Waals surface area contributed by atoms with E-state index in [0.29, 0.717) is 11.6 Å². The number of hydrogen-bond donors (Lipinski definition) is 3. The molecular weight excluding hydrogens is 218 g/mol. The molecule has 5 heteroatoms. The molecule has 1 aromatic heterocycles. The Hall–Kier alpha value is -1.36. The fourth-order valence-corrected chi connectivity index (χ4v) is 1.41. The van der Waals surface area contributed by atoms with Crippen LogP contribution in [-0.2, 0) is 0 Å². The number of nitrogens with one attached hydrogen (secondary N) is 2. The summed E-state index contributed by atoms with van der Waals surface area (Å²) >= 11 is 0. The average Bonchev–Trinajstić information content (AvgIpc) is 2.74. The van der Waals surface area contributed by atoms with E-state index in [9.17, 15) is 4.79 Å². The highest BCUT2D eigenvalue weighted by Gasteiger charge is 2.18. The van der Waals surface area contributed by atoms with Crippen LogP contribution >= 0.6 is 0 Å². The van der Waals surface area contributed by atoms with Gasteiger partial charge in [0.05, 0.1) is 12.6 Å². The Morgan fingerprint density at radius 3 is 2.53 bits per heavy atom. The van der Waals surface area contributed by atoms with Gasteiger partial charge >= 0.3 is 0 Å². The van der Waals surface area contributed by atoms with Crippen LogP contribution in [0.25, 0.3) is 0 Å². The standard InChI is InChI=1S/C12H21N3O2/c1-7(2)9-5-10(15-14-9)12(17)13-11(6-16)8(3)4/h5,7-8,11,16H,6H2,1-4H3,(H,13,17)(H,14,15). The third-order valence-corrected chi connectivity index (χ3v) is 2.77. The van der Waals surface area contributed by atoms with E-state index < -0.39 is 0 Å². The molecule has 0 radical (unpaired) electrons. The van der Waals surface area contributed by atoms with E-state index in [2.05, 4.69) is 15.5 Å². The molecule has 1 amide bonds. The van der Waals surface area contributed by atoms with Crippen LogP contribution < -0.4 is 5.32 Å². The van der Waals surface area contributed by atoms with E-state index in [4.69, 9.17) is 5.11 Å². The number of amides is 1. The van der Waals surface area contributed by atoms with Crippen molar-refractivity contribution in [3.8, 4) is 0 Å². The molecule has 1 heterocycles. The number of aromatic amines is 1. The highest BCUT2D eigenvalue weighted by molar-refractivity contribution is 5.92. The van der Waals surface area contributed by atoms with Crippen LogP contribution in [0, 0.1) is 5.92 Å². The number of H-pyrrole nitrogens is 1. The van der Waals surface area contributed by atoms with Crippen molar-refractivity contribution in [2.75, 3.05) is 6.61 Å². The Balaban J connectivity index is 2.69. The van der Waals surface area contributed by atoms with Crippen molar-refractivity contribution in [2.24, 2.45) is 5.92 Å². The molecule has 0 saturated carbocycles. The molecule has 5 nitrogen and oxygen atoms in total. The molecule has 0 aliphatic heterocycles. The second kappa shape index (κ2) is 5.82. The molecule has 96 valence electrons. The first-order valence-corrected chi connectivity index (χ1v) is 5.92. The monoisotopic (exact) mass is 239 g/mol. The molecule has 3 N–H and O–H groups in total. The van der Waals surface area contributed by atoms with Crippen molar-refractivity contribution in [2.45, 2.75) is 39.7 Å². The molecular formula is C12H21N3O2. The number of rotatable bonds is 5. The van der Waals surface area contributed by atoms with Crippen molar-refractivity contribution in [3.63, 3.8) is 0 Å². The summed E-state index contributed by atoms with van der Waals surface area (Å²) in [5.41, 5.74) is 1.30. The Kier molecular flexibility index (Phi) is 4.69. The number of hydrogen-bond acceptors (Lipinski definition) is 3. The summed E-state index contributed by atoms with van der Waals surface area (Å²) in [5.74, 6) is 0.246. The zero-order chi connectivity index (χ0) is 13.0. The largest absolute Gasteiger partial charge is 0.394 e. The van der Waals surface area contributed by atoms with Gasteiger partial charge in [-0.15, -0.1) is 0 Å². The highest BCUT2D eigenvalue weighted by atomic mass is 16.3. The molecule has 1 atom stereocenters. The molecule has 1 unspecified atom stereocenters. The van der Waals surface area contributed by atoms with Gasteiger partial charge in [0.1, 0.15) is 5.69 Å². The summed E-state index contributed by atoms with van der Waals surface area (Å²) in [6.45, 7) is 7.89. The molecule has 0 aliphatic carbocycles. The lowest BCUT2D eigenvalue weighted by atomic mass is 10.1. The van der Waals surface area contributed by atoms with Gasteiger partial charge < -0.3 is 10.4 Å². The van der Waals surface area contributed by atoms with Crippen LogP contribution in [0.4, 0.5) is 0 Å². The highest BCUT2D eigenvalue weighted by Crippen LogP contribution is 2.12. The first-order chi connectivity index (χ1) is 7.95. The van der Waals surface area contributed by atoms with E-state index >= 15 is 0 Å². The fraction of sp³-hybridized carbons (Fsp3) is 0.667. The number of aromatic nitrogens is 2. The van der Waals surface area contributed by atoms with Crippen LogP contribution in [0.15, 0.2) is 6.07 Å². The van der Waals surface area contributed by atoms with Crippen LogP contribution in [0.2, 0.25) is 0 Å². The normalized spacial score (nSPS) is 13.1. The van der Waals surface area contributed by atoms with Crippen LogP contribution in [0.5, 0.6) is 0 Å². The molecule has 1 aromatic rings. The molecule has 0 aromatic carbocycles. The molecule has 0 spiro atoms. The zero-order valence-corrected chi connectivity index (χ0v) is 10.8. The maximum absolute atomic E-state index is 11.8. The first-order valence-electron chi connectivity index (χ1n) is 5.92. The molecule has 0 bridgehead atoms. The van der Waals surface area contributed by atoms with E-state index in [0.717, 1.165) is 5.69 Å². The van der Waals surface area contributed by atoms with Gasteiger partial charge in [0.25, 0.3) is 5.91 Å². The summed E-state index contributed by atoms with van der Waals surface area (Å²) < 4.78 is 0. The zero-order valence-electron chi connectivity index (χ0n) is 10.8. The van der Waals surface area contributed by atoms with Crippen molar-refractivity contribution in [1.29, 1.82) is 0 Å². The van der Waals surface area contributed by atoms with Gasteiger partial charge in [-0.2, -0.15) is 5.10 Å². The molecule has 0 fully saturated rings. The topological polar surface area (TPSA) is 78.0 Å². The molecule has 1 rings (SSSR count). The first kappa shape index (κ1) is 13.7. The number of nitrogens with zero attached hydrogens (tertiary/aromatic N) is 1. The Labute approximate surface area is 102 Å². The second-order valence-corrected chi connectivity index (χ2v) is 4.87. The van der Waals surface area contributed by atoms with Gasteiger partial charge in [0.15, 0.2) is 0 Å². The van der Waals surface area contributed by atoms with Gasteiger partial charge in [0, 0.05) is 5.69 Å². The average molecular weight is 239 g/mol. The number of carbonyl (C=O) groups is 1. The Morgan fingerprint density at radius 1 is 1.47 bits per heavy atom. The SMILES string of the molecule is CC(C)c1cc(C(=O)NC(CO)C(C)C)n[nH]1. The third-order valence-electron chi connectivity index (χ3n) is 2.77. The van der Waals surface area contributed by atoms with Crippen molar-refractivity contribution >= 4 is 5.91 Å². The number of aliphatic hydroxyl groups is 1. The van der Waals surface area contributed by atoms with Gasteiger partial charge in [-0.3, -0.25) is 9.89 Å². The van der Waals surface area contributed by atoms with Crippen molar-refractivity contribution in [1.82, 2.24) is 15.5 Å². The summed E-state index contributed by atoms with van der Waals surface area (Å²) in [6.07, 6.45) is 0. The smallest absolute Gasteiger partial charge is 0.272 e. The maximum atomic E-state index is 11.8. The Bertz CT molecular complexity index is 372. The van der Waals surface area contributed by atoms with E-state index in [1.54, 1.807) is 6.07 Å². The lowest BCUT2D eigenvalue weighted by Gasteiger charge is -2.18. The van der Waals surface area contributed by atoms with E-state index in [1.807, 2.05) is 27.7 Å². The predicted octanol–water partition coefficient (Wildman–Crippen LogP) is 1.28. The summed E-state index contributed by atoms with van der Waals surface area (Å²) in [5, 5.41) is 18.7.